The summed E-state index contributed by atoms with van der Waals surface area (Å²) < 4.78 is 0. The van der Waals surface area contributed by atoms with Crippen LogP contribution in [0.3, 0.4) is 0 Å². The first kappa shape index (κ1) is 20.9. The summed E-state index contributed by atoms with van der Waals surface area (Å²) in [7, 11) is 1.92. The van der Waals surface area contributed by atoms with Gasteiger partial charge in [0.2, 0.25) is 0 Å². The highest BCUT2D eigenvalue weighted by molar-refractivity contribution is 7.98. The van der Waals surface area contributed by atoms with Gasteiger partial charge in [-0.3, -0.25) is 4.79 Å². The molecule has 5 heteroatoms. The monoisotopic (exact) mass is 399 g/mol. The van der Waals surface area contributed by atoms with Gasteiger partial charge in [0.05, 0.1) is 0 Å². The third kappa shape index (κ3) is 5.84. The van der Waals surface area contributed by atoms with E-state index < -0.39 is 0 Å². The summed E-state index contributed by atoms with van der Waals surface area (Å²) >= 11 is 1.74. The number of nitrogens with one attached hydrogen (secondary N) is 2. The summed E-state index contributed by atoms with van der Waals surface area (Å²) in [5, 5.41) is 0. The average Bonchev–Trinajstić information content (AvgIpc) is 2.71. The van der Waals surface area contributed by atoms with Crippen LogP contribution in [0.15, 0.2) is 53.4 Å². The Morgan fingerprint density at radius 1 is 1.00 bits per heavy atom. The number of rotatable bonds is 7. The van der Waals surface area contributed by atoms with Gasteiger partial charge in [0.25, 0.3) is 5.91 Å². The summed E-state index contributed by atoms with van der Waals surface area (Å²) in [5.74, 6) is 0.242. The Labute approximate surface area is 173 Å². The first-order chi connectivity index (χ1) is 13.5. The summed E-state index contributed by atoms with van der Waals surface area (Å²) in [6.07, 6.45) is 2.08. The molecule has 1 fully saturated rings. The van der Waals surface area contributed by atoms with Gasteiger partial charge in [-0.25, -0.2) is 0 Å². The lowest BCUT2D eigenvalue weighted by Crippen LogP contribution is -3.28. The number of carbonyl (C=O) groups is 1. The molecule has 2 aromatic rings. The third-order valence-corrected chi connectivity index (χ3v) is 6.52. The fourth-order valence-electron chi connectivity index (χ4n) is 3.83. The SMILES string of the molecule is CSc1ccc(CN(C)C(=O)C[NH+]2CC[NH+](Cc3ccccc3C)CC2)cc1. The molecule has 0 saturated carbocycles. The maximum Gasteiger partial charge on any atom is 0.277 e. The molecule has 0 spiro atoms. The van der Waals surface area contributed by atoms with Crippen molar-refractivity contribution in [1.82, 2.24) is 4.90 Å². The van der Waals surface area contributed by atoms with Crippen LogP contribution < -0.4 is 9.80 Å². The zero-order valence-corrected chi connectivity index (χ0v) is 18.1. The molecule has 0 atom stereocenters. The number of nitrogens with zero attached hydrogens (tertiary/aromatic N) is 1. The van der Waals surface area contributed by atoms with Crippen LogP contribution in [0.5, 0.6) is 0 Å². The molecule has 150 valence electrons. The largest absolute Gasteiger partial charge is 0.337 e. The van der Waals surface area contributed by atoms with E-state index in [1.54, 1.807) is 16.7 Å². The van der Waals surface area contributed by atoms with Crippen LogP contribution in [0, 0.1) is 6.92 Å². The molecule has 1 amide bonds. The van der Waals surface area contributed by atoms with Crippen LogP contribution in [0.1, 0.15) is 16.7 Å². The van der Waals surface area contributed by atoms with Gasteiger partial charge in [-0.05, 0) is 36.4 Å². The van der Waals surface area contributed by atoms with Crippen LogP contribution in [0.4, 0.5) is 0 Å². The van der Waals surface area contributed by atoms with E-state index in [9.17, 15) is 4.79 Å². The summed E-state index contributed by atoms with van der Waals surface area (Å²) in [6.45, 7) is 9.00. The molecule has 0 radical (unpaired) electrons. The smallest absolute Gasteiger partial charge is 0.277 e. The number of aryl methyl sites for hydroxylation is 1. The average molecular weight is 400 g/mol. The Morgan fingerprint density at radius 3 is 2.29 bits per heavy atom. The fourth-order valence-corrected chi connectivity index (χ4v) is 4.24. The highest BCUT2D eigenvalue weighted by atomic mass is 32.2. The predicted octanol–water partition coefficient (Wildman–Crippen LogP) is 0.659. The number of carbonyl (C=O) groups excluding carboxylic acids is 1. The van der Waals surface area contributed by atoms with E-state index in [1.165, 1.54) is 26.5 Å². The van der Waals surface area contributed by atoms with Crippen LogP contribution >= 0.6 is 11.8 Å². The lowest BCUT2D eigenvalue weighted by Gasteiger charge is -2.30. The van der Waals surface area contributed by atoms with E-state index in [2.05, 4.69) is 61.7 Å². The molecule has 3 rings (SSSR count). The first-order valence-electron chi connectivity index (χ1n) is 10.1. The molecule has 0 unspecified atom stereocenters. The molecule has 28 heavy (non-hydrogen) atoms. The van der Waals surface area contributed by atoms with Gasteiger partial charge in [0.15, 0.2) is 6.54 Å². The number of hydrogen-bond acceptors (Lipinski definition) is 2. The molecule has 0 aromatic heterocycles. The Morgan fingerprint density at radius 2 is 1.64 bits per heavy atom. The van der Waals surface area contributed by atoms with E-state index in [1.807, 2.05) is 11.9 Å². The Bertz CT molecular complexity index is 770. The minimum Gasteiger partial charge on any atom is -0.337 e. The number of amides is 1. The van der Waals surface area contributed by atoms with Crippen molar-refractivity contribution in [2.45, 2.75) is 24.9 Å². The minimum atomic E-state index is 0.242. The van der Waals surface area contributed by atoms with Crippen LogP contribution in [-0.2, 0) is 17.9 Å². The van der Waals surface area contributed by atoms with E-state index in [-0.39, 0.29) is 5.91 Å². The second kappa shape index (κ2) is 10.1. The Balaban J connectivity index is 1.43. The molecule has 2 N–H and O–H groups in total. The van der Waals surface area contributed by atoms with Crippen molar-refractivity contribution in [2.24, 2.45) is 0 Å². The number of thioether (sulfide) groups is 1. The van der Waals surface area contributed by atoms with Crippen LogP contribution in [0.2, 0.25) is 0 Å². The molecule has 0 aliphatic carbocycles. The van der Waals surface area contributed by atoms with Crippen molar-refractivity contribution >= 4 is 17.7 Å². The Kier molecular flexibility index (Phi) is 7.54. The van der Waals surface area contributed by atoms with Gasteiger partial charge < -0.3 is 14.7 Å². The Hall–Kier alpha value is -1.82. The van der Waals surface area contributed by atoms with Crippen LogP contribution in [-0.4, -0.2) is 56.8 Å². The van der Waals surface area contributed by atoms with Crippen molar-refractivity contribution in [3.63, 3.8) is 0 Å². The lowest BCUT2D eigenvalue weighted by molar-refractivity contribution is -1.02. The normalized spacial score (nSPS) is 19.4. The molecule has 1 aliphatic heterocycles. The summed E-state index contributed by atoms with van der Waals surface area (Å²) in [4.78, 5) is 18.8. The van der Waals surface area contributed by atoms with E-state index in [0.29, 0.717) is 13.1 Å². The van der Waals surface area contributed by atoms with Crippen molar-refractivity contribution in [1.29, 1.82) is 0 Å². The zero-order valence-electron chi connectivity index (χ0n) is 17.3. The fraction of sp³-hybridized carbons (Fsp3) is 0.435. The topological polar surface area (TPSA) is 29.2 Å². The van der Waals surface area contributed by atoms with Gasteiger partial charge in [0, 0.05) is 24.1 Å². The van der Waals surface area contributed by atoms with Gasteiger partial charge in [-0.2, -0.15) is 0 Å². The van der Waals surface area contributed by atoms with Crippen LogP contribution in [0.25, 0.3) is 0 Å². The maximum absolute atomic E-state index is 12.7. The molecule has 0 bridgehead atoms. The number of hydrogen-bond donors (Lipinski definition) is 2. The molecular weight excluding hydrogens is 366 g/mol. The molecule has 1 aliphatic rings. The molecule has 4 nitrogen and oxygen atoms in total. The quantitative estimate of drug-likeness (QED) is 0.670. The van der Waals surface area contributed by atoms with Gasteiger partial charge in [-0.1, -0.05) is 36.4 Å². The lowest BCUT2D eigenvalue weighted by atomic mass is 10.1. The molecule has 2 aromatic carbocycles. The second-order valence-corrected chi connectivity index (χ2v) is 8.76. The standard InChI is InChI=1S/C23H31N3OS/c1-19-6-4-5-7-21(19)17-25-12-14-26(15-13-25)18-23(27)24(2)16-20-8-10-22(28-3)11-9-20/h4-11H,12-18H2,1-3H3/p+2. The van der Waals surface area contributed by atoms with Gasteiger partial charge >= 0.3 is 0 Å². The first-order valence-corrected chi connectivity index (χ1v) is 11.4. The van der Waals surface area contributed by atoms with Crippen molar-refractivity contribution < 1.29 is 14.6 Å². The van der Waals surface area contributed by atoms with E-state index in [4.69, 9.17) is 0 Å². The zero-order chi connectivity index (χ0) is 19.9. The van der Waals surface area contributed by atoms with E-state index >= 15 is 0 Å². The highest BCUT2D eigenvalue weighted by Gasteiger charge is 2.26. The number of likely N-dealkylation sites (N-methyl/N-ethyl adjacent to an activating group) is 1. The maximum atomic E-state index is 12.7. The van der Waals surface area contributed by atoms with Crippen molar-refractivity contribution in [2.75, 3.05) is 46.0 Å². The number of piperazine rings is 1. The van der Waals surface area contributed by atoms with Gasteiger partial charge in [-0.15, -0.1) is 11.8 Å². The predicted molar refractivity (Wildman–Crippen MR) is 116 cm³/mol. The third-order valence-electron chi connectivity index (χ3n) is 5.77. The van der Waals surface area contributed by atoms with E-state index in [0.717, 1.165) is 32.7 Å². The number of benzene rings is 2. The highest BCUT2D eigenvalue weighted by Crippen LogP contribution is 2.15. The summed E-state index contributed by atoms with van der Waals surface area (Å²) in [6, 6.07) is 17.2. The summed E-state index contributed by atoms with van der Waals surface area (Å²) in [5.41, 5.74) is 4.02. The van der Waals surface area contributed by atoms with Crippen molar-refractivity contribution in [3.8, 4) is 0 Å². The molecular formula is C23H33N3OS+2. The minimum absolute atomic E-state index is 0.242. The molecule has 1 heterocycles. The van der Waals surface area contributed by atoms with Gasteiger partial charge in [0.1, 0.15) is 32.7 Å². The van der Waals surface area contributed by atoms with Crippen molar-refractivity contribution in [3.05, 3.63) is 65.2 Å². The molecule has 1 saturated heterocycles. The second-order valence-electron chi connectivity index (χ2n) is 7.88. The number of quaternary nitrogens is 2.